The second-order valence-electron chi connectivity index (χ2n) is 4.65. The molecule has 0 saturated carbocycles. The van der Waals surface area contributed by atoms with Crippen LogP contribution in [0.2, 0.25) is 0 Å². The van der Waals surface area contributed by atoms with Crippen molar-refractivity contribution >= 4 is 11.4 Å². The molecule has 1 aliphatic heterocycles. The number of hydrogen-bond acceptors (Lipinski definition) is 4. The van der Waals surface area contributed by atoms with Crippen LogP contribution in [0.5, 0.6) is 0 Å². The van der Waals surface area contributed by atoms with Crippen LogP contribution in [0, 0.1) is 16.0 Å². The van der Waals surface area contributed by atoms with Crippen LogP contribution >= 0.6 is 0 Å². The molecule has 0 spiro atoms. The van der Waals surface area contributed by atoms with E-state index in [4.69, 9.17) is 5.73 Å². The van der Waals surface area contributed by atoms with Gasteiger partial charge in [0.15, 0.2) is 0 Å². The van der Waals surface area contributed by atoms with Gasteiger partial charge in [-0.15, -0.1) is 0 Å². The zero-order valence-electron chi connectivity index (χ0n) is 9.87. The van der Waals surface area contributed by atoms with Crippen molar-refractivity contribution in [3.63, 3.8) is 0 Å². The summed E-state index contributed by atoms with van der Waals surface area (Å²) in [5, 5.41) is 10.7. The third-order valence-corrected chi connectivity index (χ3v) is 3.42. The molecule has 0 bridgehead atoms. The van der Waals surface area contributed by atoms with Gasteiger partial charge in [-0.1, -0.05) is 13.0 Å². The fourth-order valence-electron chi connectivity index (χ4n) is 2.14. The van der Waals surface area contributed by atoms with E-state index in [1.54, 1.807) is 12.1 Å². The lowest BCUT2D eigenvalue weighted by Gasteiger charge is -2.36. The summed E-state index contributed by atoms with van der Waals surface area (Å²) in [5.74, 6) is 0.518. The van der Waals surface area contributed by atoms with Gasteiger partial charge in [-0.25, -0.2) is 0 Å². The first-order chi connectivity index (χ1) is 8.08. The van der Waals surface area contributed by atoms with Gasteiger partial charge < -0.3 is 10.6 Å². The van der Waals surface area contributed by atoms with Crippen molar-refractivity contribution in [3.05, 3.63) is 34.4 Å². The summed E-state index contributed by atoms with van der Waals surface area (Å²) in [5.41, 5.74) is 7.05. The van der Waals surface area contributed by atoms with E-state index in [9.17, 15) is 10.1 Å². The standard InChI is InChI=1S/C12H17N3O2/c1-9-5-6-14(8-12(9)13)10-3-2-4-11(7-10)15(16)17/h2-4,7,9,12H,5-6,8,13H2,1H3. The van der Waals surface area contributed by atoms with E-state index in [0.717, 1.165) is 25.2 Å². The molecule has 1 fully saturated rings. The summed E-state index contributed by atoms with van der Waals surface area (Å²) in [6.07, 6.45) is 1.03. The van der Waals surface area contributed by atoms with Crippen LogP contribution in [-0.2, 0) is 0 Å². The largest absolute Gasteiger partial charge is 0.370 e. The molecule has 1 aromatic carbocycles. The second-order valence-corrected chi connectivity index (χ2v) is 4.65. The lowest BCUT2D eigenvalue weighted by Crippen LogP contribution is -2.47. The smallest absolute Gasteiger partial charge is 0.271 e. The maximum absolute atomic E-state index is 10.7. The number of benzene rings is 1. The Morgan fingerprint density at radius 3 is 2.94 bits per heavy atom. The molecule has 1 aromatic rings. The molecule has 1 saturated heterocycles. The van der Waals surface area contributed by atoms with Gasteiger partial charge in [0.2, 0.25) is 0 Å². The van der Waals surface area contributed by atoms with Crippen molar-refractivity contribution in [2.45, 2.75) is 19.4 Å². The van der Waals surface area contributed by atoms with Gasteiger partial charge in [-0.2, -0.15) is 0 Å². The van der Waals surface area contributed by atoms with Gasteiger partial charge >= 0.3 is 0 Å². The highest BCUT2D eigenvalue weighted by molar-refractivity contribution is 5.53. The molecule has 2 rings (SSSR count). The Morgan fingerprint density at radius 2 is 2.29 bits per heavy atom. The molecule has 2 unspecified atom stereocenters. The fourth-order valence-corrected chi connectivity index (χ4v) is 2.14. The highest BCUT2D eigenvalue weighted by Gasteiger charge is 2.23. The average Bonchev–Trinajstić information content (AvgIpc) is 2.33. The number of anilines is 1. The molecular weight excluding hydrogens is 218 g/mol. The third-order valence-electron chi connectivity index (χ3n) is 3.42. The molecule has 0 radical (unpaired) electrons. The number of hydrogen-bond donors (Lipinski definition) is 1. The molecule has 5 nitrogen and oxygen atoms in total. The minimum Gasteiger partial charge on any atom is -0.370 e. The third kappa shape index (κ3) is 2.55. The molecule has 0 amide bonds. The van der Waals surface area contributed by atoms with E-state index in [0.29, 0.717) is 5.92 Å². The lowest BCUT2D eigenvalue weighted by atomic mass is 9.94. The average molecular weight is 235 g/mol. The Bertz CT molecular complexity index is 422. The molecule has 2 atom stereocenters. The van der Waals surface area contributed by atoms with Crippen molar-refractivity contribution in [1.82, 2.24) is 0 Å². The van der Waals surface area contributed by atoms with Gasteiger partial charge in [-0.05, 0) is 18.4 Å². The molecule has 0 aliphatic carbocycles. The van der Waals surface area contributed by atoms with Gasteiger partial charge in [0.25, 0.3) is 5.69 Å². The Kier molecular flexibility index (Phi) is 3.28. The van der Waals surface area contributed by atoms with Crippen molar-refractivity contribution in [3.8, 4) is 0 Å². The first-order valence-electron chi connectivity index (χ1n) is 5.83. The van der Waals surface area contributed by atoms with Crippen LogP contribution in [-0.4, -0.2) is 24.1 Å². The predicted octanol–water partition coefficient (Wildman–Crippen LogP) is 1.77. The van der Waals surface area contributed by atoms with Gasteiger partial charge in [0.05, 0.1) is 4.92 Å². The van der Waals surface area contributed by atoms with E-state index < -0.39 is 0 Å². The van der Waals surface area contributed by atoms with E-state index in [2.05, 4.69) is 11.8 Å². The first-order valence-corrected chi connectivity index (χ1v) is 5.83. The number of nitro groups is 1. The quantitative estimate of drug-likeness (QED) is 0.626. The molecule has 5 heteroatoms. The van der Waals surface area contributed by atoms with Crippen LogP contribution < -0.4 is 10.6 Å². The Morgan fingerprint density at radius 1 is 1.53 bits per heavy atom. The van der Waals surface area contributed by atoms with E-state index in [1.807, 2.05) is 6.07 Å². The van der Waals surface area contributed by atoms with Crippen LogP contribution in [0.15, 0.2) is 24.3 Å². The predicted molar refractivity (Wildman–Crippen MR) is 67.1 cm³/mol. The molecule has 17 heavy (non-hydrogen) atoms. The second kappa shape index (κ2) is 4.71. The van der Waals surface area contributed by atoms with Crippen molar-refractivity contribution in [2.24, 2.45) is 11.7 Å². The van der Waals surface area contributed by atoms with Crippen LogP contribution in [0.25, 0.3) is 0 Å². The van der Waals surface area contributed by atoms with Crippen LogP contribution in [0.3, 0.4) is 0 Å². The van der Waals surface area contributed by atoms with Crippen molar-refractivity contribution in [1.29, 1.82) is 0 Å². The molecular formula is C12H17N3O2. The molecule has 1 heterocycles. The highest BCUT2D eigenvalue weighted by Crippen LogP contribution is 2.25. The Balaban J connectivity index is 2.17. The monoisotopic (exact) mass is 235 g/mol. The number of rotatable bonds is 2. The number of nitrogens with zero attached hydrogens (tertiary/aromatic N) is 2. The number of piperidine rings is 1. The lowest BCUT2D eigenvalue weighted by molar-refractivity contribution is -0.384. The van der Waals surface area contributed by atoms with Gasteiger partial charge in [0.1, 0.15) is 0 Å². The van der Waals surface area contributed by atoms with Crippen LogP contribution in [0.4, 0.5) is 11.4 Å². The van der Waals surface area contributed by atoms with E-state index in [-0.39, 0.29) is 16.7 Å². The summed E-state index contributed by atoms with van der Waals surface area (Å²) in [7, 11) is 0. The van der Waals surface area contributed by atoms with Crippen molar-refractivity contribution < 1.29 is 4.92 Å². The van der Waals surface area contributed by atoms with Gasteiger partial charge in [0, 0.05) is 37.0 Å². The van der Waals surface area contributed by atoms with E-state index >= 15 is 0 Å². The Hall–Kier alpha value is -1.62. The highest BCUT2D eigenvalue weighted by atomic mass is 16.6. The van der Waals surface area contributed by atoms with Crippen molar-refractivity contribution in [2.75, 3.05) is 18.0 Å². The zero-order chi connectivity index (χ0) is 12.4. The Labute approximate surface area is 100 Å². The zero-order valence-corrected chi connectivity index (χ0v) is 9.87. The first kappa shape index (κ1) is 11.9. The maximum Gasteiger partial charge on any atom is 0.271 e. The van der Waals surface area contributed by atoms with E-state index in [1.165, 1.54) is 6.07 Å². The fraction of sp³-hybridized carbons (Fsp3) is 0.500. The van der Waals surface area contributed by atoms with Gasteiger partial charge in [-0.3, -0.25) is 10.1 Å². The summed E-state index contributed by atoms with van der Waals surface area (Å²) in [6.45, 7) is 3.83. The molecule has 0 aromatic heterocycles. The molecule has 2 N–H and O–H groups in total. The topological polar surface area (TPSA) is 72.4 Å². The summed E-state index contributed by atoms with van der Waals surface area (Å²) in [4.78, 5) is 12.5. The number of nitrogens with two attached hydrogens (primary N) is 1. The maximum atomic E-state index is 10.7. The minimum atomic E-state index is -0.365. The molecule has 92 valence electrons. The van der Waals surface area contributed by atoms with Crippen LogP contribution in [0.1, 0.15) is 13.3 Å². The summed E-state index contributed by atoms with van der Waals surface area (Å²) >= 11 is 0. The normalized spacial score (nSPS) is 24.7. The summed E-state index contributed by atoms with van der Waals surface area (Å²) < 4.78 is 0. The minimum absolute atomic E-state index is 0.134. The number of non-ortho nitro benzene ring substituents is 1. The number of nitro benzene ring substituents is 1. The SMILES string of the molecule is CC1CCN(c2cccc([N+](=O)[O-])c2)CC1N. The molecule has 1 aliphatic rings. The summed E-state index contributed by atoms with van der Waals surface area (Å²) in [6, 6.07) is 6.88.